The summed E-state index contributed by atoms with van der Waals surface area (Å²) in [5, 5.41) is 0. The van der Waals surface area contributed by atoms with Crippen LogP contribution in [0.2, 0.25) is 0 Å². The van der Waals surface area contributed by atoms with Crippen molar-refractivity contribution in [1.82, 2.24) is 4.98 Å². The van der Waals surface area contributed by atoms with Crippen LogP contribution in [0, 0.1) is 0 Å². The van der Waals surface area contributed by atoms with E-state index in [-0.39, 0.29) is 11.6 Å². The number of anilines is 1. The number of rotatable bonds is 2. The summed E-state index contributed by atoms with van der Waals surface area (Å²) in [4.78, 5) is 16.0. The van der Waals surface area contributed by atoms with Crippen LogP contribution in [-0.2, 0) is 0 Å². The molecule has 0 aliphatic carbocycles. The molecule has 0 unspecified atom stereocenters. The number of nitrogens with two attached hydrogens (primary N) is 1. The Labute approximate surface area is 101 Å². The highest BCUT2D eigenvalue weighted by atomic mass is 79.9. The number of carbonyl (C=O) groups is 1. The Kier molecular flexibility index (Phi) is 3.01. The number of ketones is 1. The van der Waals surface area contributed by atoms with Gasteiger partial charge >= 0.3 is 0 Å². The maximum absolute atomic E-state index is 12.1. The zero-order chi connectivity index (χ0) is 11.5. The van der Waals surface area contributed by atoms with Crippen LogP contribution in [0.25, 0.3) is 0 Å². The molecule has 2 N–H and O–H groups in total. The first kappa shape index (κ1) is 10.8. The lowest BCUT2D eigenvalue weighted by atomic mass is 10.0. The van der Waals surface area contributed by atoms with Gasteiger partial charge in [-0.05, 0) is 24.3 Å². The molecule has 0 bridgehead atoms. The summed E-state index contributed by atoms with van der Waals surface area (Å²) < 4.78 is 0.753. The van der Waals surface area contributed by atoms with Gasteiger partial charge < -0.3 is 5.73 Å². The van der Waals surface area contributed by atoms with E-state index in [1.54, 1.807) is 24.4 Å². The predicted octanol–water partition coefficient (Wildman–Crippen LogP) is 2.66. The van der Waals surface area contributed by atoms with Gasteiger partial charge in [-0.2, -0.15) is 0 Å². The Bertz CT molecular complexity index is 493. The lowest BCUT2D eigenvalue weighted by molar-refractivity contribution is 0.103. The molecule has 0 spiro atoms. The lowest BCUT2D eigenvalue weighted by Gasteiger charge is -2.05. The summed E-state index contributed by atoms with van der Waals surface area (Å²) in [6, 6.07) is 10.6. The van der Waals surface area contributed by atoms with E-state index < -0.39 is 0 Å². The fraction of sp³-hybridized carbons (Fsp3) is 0. The van der Waals surface area contributed by atoms with Gasteiger partial charge in [-0.3, -0.25) is 4.79 Å². The quantitative estimate of drug-likeness (QED) is 0.858. The second kappa shape index (κ2) is 4.45. The van der Waals surface area contributed by atoms with Crippen LogP contribution in [0.4, 0.5) is 5.82 Å². The zero-order valence-corrected chi connectivity index (χ0v) is 9.94. The van der Waals surface area contributed by atoms with Crippen molar-refractivity contribution in [3.05, 3.63) is 58.2 Å². The lowest BCUT2D eigenvalue weighted by Crippen LogP contribution is -2.07. The van der Waals surface area contributed by atoms with Gasteiger partial charge in [0.2, 0.25) is 0 Å². The van der Waals surface area contributed by atoms with E-state index in [0.717, 1.165) is 4.47 Å². The Balaban J connectivity index is 2.48. The normalized spacial score (nSPS) is 10.1. The molecule has 1 aromatic carbocycles. The van der Waals surface area contributed by atoms with Gasteiger partial charge in [0, 0.05) is 16.2 Å². The highest BCUT2D eigenvalue weighted by Crippen LogP contribution is 2.21. The zero-order valence-electron chi connectivity index (χ0n) is 8.35. The SMILES string of the molecule is Nc1ncccc1C(=O)c1ccccc1Br. The van der Waals surface area contributed by atoms with Crippen LogP contribution in [0.3, 0.4) is 0 Å². The Hall–Kier alpha value is -1.68. The summed E-state index contributed by atoms with van der Waals surface area (Å²) in [7, 11) is 0. The van der Waals surface area contributed by atoms with E-state index in [1.165, 1.54) is 0 Å². The average Bonchev–Trinajstić information content (AvgIpc) is 2.29. The van der Waals surface area contributed by atoms with E-state index >= 15 is 0 Å². The Morgan fingerprint density at radius 2 is 1.81 bits per heavy atom. The molecule has 1 aromatic heterocycles. The number of halogens is 1. The fourth-order valence-corrected chi connectivity index (χ4v) is 1.86. The van der Waals surface area contributed by atoms with Gasteiger partial charge in [-0.25, -0.2) is 4.98 Å². The van der Waals surface area contributed by atoms with Crippen LogP contribution in [0.5, 0.6) is 0 Å². The first-order chi connectivity index (χ1) is 7.70. The molecule has 0 saturated carbocycles. The molecule has 2 aromatic rings. The third-order valence-corrected chi connectivity index (χ3v) is 2.89. The highest BCUT2D eigenvalue weighted by molar-refractivity contribution is 9.10. The molecule has 2 rings (SSSR count). The molecule has 4 heteroatoms. The smallest absolute Gasteiger partial charge is 0.197 e. The number of hydrogen-bond donors (Lipinski definition) is 1. The van der Waals surface area contributed by atoms with Crippen molar-refractivity contribution in [3.63, 3.8) is 0 Å². The van der Waals surface area contributed by atoms with E-state index in [1.807, 2.05) is 18.2 Å². The first-order valence-corrected chi connectivity index (χ1v) is 5.49. The van der Waals surface area contributed by atoms with Crippen molar-refractivity contribution in [3.8, 4) is 0 Å². The summed E-state index contributed by atoms with van der Waals surface area (Å²) in [5.41, 5.74) is 6.67. The number of aromatic nitrogens is 1. The molecule has 3 nitrogen and oxygen atoms in total. The molecule has 0 atom stereocenters. The molecule has 0 radical (unpaired) electrons. The molecule has 0 fully saturated rings. The third-order valence-electron chi connectivity index (χ3n) is 2.20. The number of hydrogen-bond acceptors (Lipinski definition) is 3. The number of carbonyl (C=O) groups excluding carboxylic acids is 1. The van der Waals surface area contributed by atoms with Crippen molar-refractivity contribution in [1.29, 1.82) is 0 Å². The van der Waals surface area contributed by atoms with Gasteiger partial charge in [0.15, 0.2) is 5.78 Å². The molecule has 0 aliphatic heterocycles. The number of nitrogens with zero attached hydrogens (tertiary/aromatic N) is 1. The Morgan fingerprint density at radius 1 is 1.12 bits per heavy atom. The second-order valence-electron chi connectivity index (χ2n) is 3.25. The summed E-state index contributed by atoms with van der Waals surface area (Å²) in [5.74, 6) is 0.126. The van der Waals surface area contributed by atoms with Crippen molar-refractivity contribution < 1.29 is 4.79 Å². The standard InChI is InChI=1S/C12H9BrN2O/c13-10-6-2-1-4-8(10)11(16)9-5-3-7-15-12(9)14/h1-7H,(H2,14,15). The van der Waals surface area contributed by atoms with Crippen LogP contribution < -0.4 is 5.73 Å². The van der Waals surface area contributed by atoms with E-state index in [4.69, 9.17) is 5.73 Å². The highest BCUT2D eigenvalue weighted by Gasteiger charge is 2.14. The van der Waals surface area contributed by atoms with Crippen molar-refractivity contribution in [2.24, 2.45) is 0 Å². The van der Waals surface area contributed by atoms with Crippen LogP contribution in [0.15, 0.2) is 47.1 Å². The van der Waals surface area contributed by atoms with Gasteiger partial charge in [0.1, 0.15) is 5.82 Å². The molecule has 1 heterocycles. The summed E-state index contributed by atoms with van der Waals surface area (Å²) in [6.07, 6.45) is 1.56. The van der Waals surface area contributed by atoms with Gasteiger partial charge in [0.25, 0.3) is 0 Å². The third kappa shape index (κ3) is 1.97. The van der Waals surface area contributed by atoms with Crippen LogP contribution in [0.1, 0.15) is 15.9 Å². The predicted molar refractivity (Wildman–Crippen MR) is 66.2 cm³/mol. The molecular formula is C12H9BrN2O. The minimum Gasteiger partial charge on any atom is -0.383 e. The van der Waals surface area contributed by atoms with Crippen LogP contribution in [-0.4, -0.2) is 10.8 Å². The minimum atomic E-state index is -0.127. The average molecular weight is 277 g/mol. The van der Waals surface area contributed by atoms with Crippen LogP contribution >= 0.6 is 15.9 Å². The van der Waals surface area contributed by atoms with Gasteiger partial charge in [0.05, 0.1) is 5.56 Å². The van der Waals surface area contributed by atoms with Gasteiger partial charge in [-0.1, -0.05) is 28.1 Å². The minimum absolute atomic E-state index is 0.127. The van der Waals surface area contributed by atoms with Crippen molar-refractivity contribution in [2.75, 3.05) is 5.73 Å². The summed E-state index contributed by atoms with van der Waals surface area (Å²) in [6.45, 7) is 0. The molecule has 0 aliphatic rings. The van der Waals surface area contributed by atoms with Crippen molar-refractivity contribution in [2.45, 2.75) is 0 Å². The van der Waals surface area contributed by atoms with Gasteiger partial charge in [-0.15, -0.1) is 0 Å². The fourth-order valence-electron chi connectivity index (χ4n) is 1.40. The number of nitrogen functional groups attached to an aromatic ring is 1. The van der Waals surface area contributed by atoms with Crippen molar-refractivity contribution >= 4 is 27.5 Å². The summed E-state index contributed by atoms with van der Waals surface area (Å²) >= 11 is 3.34. The monoisotopic (exact) mass is 276 g/mol. The molecule has 16 heavy (non-hydrogen) atoms. The maximum atomic E-state index is 12.1. The molecule has 80 valence electrons. The number of benzene rings is 1. The molecular weight excluding hydrogens is 268 g/mol. The molecule has 0 saturated heterocycles. The first-order valence-electron chi connectivity index (χ1n) is 4.70. The Morgan fingerprint density at radius 3 is 2.50 bits per heavy atom. The van der Waals surface area contributed by atoms with E-state index in [2.05, 4.69) is 20.9 Å². The maximum Gasteiger partial charge on any atom is 0.197 e. The van der Waals surface area contributed by atoms with E-state index in [9.17, 15) is 4.79 Å². The second-order valence-corrected chi connectivity index (χ2v) is 4.10. The molecule has 0 amide bonds. The number of pyridine rings is 1. The topological polar surface area (TPSA) is 56.0 Å². The largest absolute Gasteiger partial charge is 0.383 e. The van der Waals surface area contributed by atoms with E-state index in [0.29, 0.717) is 11.1 Å².